The first-order valence-electron chi connectivity index (χ1n) is 5.05. The van der Waals surface area contributed by atoms with E-state index >= 15 is 0 Å². The van der Waals surface area contributed by atoms with Crippen molar-refractivity contribution in [1.82, 2.24) is 0 Å². The van der Waals surface area contributed by atoms with Gasteiger partial charge in [-0.3, -0.25) is 4.79 Å². The first kappa shape index (κ1) is 11.9. The van der Waals surface area contributed by atoms with Crippen molar-refractivity contribution in [1.29, 1.82) is 0 Å². The fourth-order valence-electron chi connectivity index (χ4n) is 1.44. The Balaban J connectivity index is 2.18. The number of furan rings is 1. The molecule has 0 fully saturated rings. The van der Waals surface area contributed by atoms with Gasteiger partial charge in [0.05, 0.1) is 0 Å². The Hall–Kier alpha value is -1.59. The monoisotopic (exact) mass is 294 g/mol. The molecule has 2 aromatic rings. The molecule has 2 rings (SSSR count). The molecule has 17 heavy (non-hydrogen) atoms. The lowest BCUT2D eigenvalue weighted by atomic mass is 10.2. The molecular formula is C12H11BrN2O2. The van der Waals surface area contributed by atoms with E-state index in [1.165, 1.54) is 0 Å². The number of para-hydroxylation sites is 1. The van der Waals surface area contributed by atoms with Crippen molar-refractivity contribution in [2.24, 2.45) is 5.73 Å². The number of benzene rings is 1. The molecule has 1 amide bonds. The van der Waals surface area contributed by atoms with Crippen LogP contribution in [0, 0.1) is 0 Å². The number of hydrogen-bond donors (Lipinski definition) is 2. The summed E-state index contributed by atoms with van der Waals surface area (Å²) in [4.78, 5) is 11.8. The maximum Gasteiger partial charge on any atom is 0.291 e. The summed E-state index contributed by atoms with van der Waals surface area (Å²) in [7, 11) is 0. The Bertz CT molecular complexity index is 537. The number of nitrogens with two attached hydrogens (primary N) is 1. The Morgan fingerprint density at radius 1 is 1.29 bits per heavy atom. The maximum absolute atomic E-state index is 11.8. The van der Waals surface area contributed by atoms with Gasteiger partial charge in [-0.25, -0.2) is 0 Å². The smallest absolute Gasteiger partial charge is 0.291 e. The van der Waals surface area contributed by atoms with Crippen LogP contribution in [0.5, 0.6) is 0 Å². The predicted octanol–water partition coefficient (Wildman–Crippen LogP) is 2.75. The van der Waals surface area contributed by atoms with E-state index in [0.717, 1.165) is 5.56 Å². The number of hydrogen-bond acceptors (Lipinski definition) is 3. The molecule has 88 valence electrons. The fraction of sp³-hybridized carbons (Fsp3) is 0.0833. The van der Waals surface area contributed by atoms with E-state index in [1.807, 2.05) is 18.2 Å². The number of anilines is 1. The molecule has 0 atom stereocenters. The van der Waals surface area contributed by atoms with Gasteiger partial charge in [0.1, 0.15) is 0 Å². The zero-order valence-electron chi connectivity index (χ0n) is 8.94. The van der Waals surface area contributed by atoms with Gasteiger partial charge < -0.3 is 15.5 Å². The second kappa shape index (κ2) is 5.16. The zero-order valence-corrected chi connectivity index (χ0v) is 10.5. The molecule has 0 bridgehead atoms. The third-order valence-electron chi connectivity index (χ3n) is 2.28. The number of carbonyl (C=O) groups is 1. The summed E-state index contributed by atoms with van der Waals surface area (Å²) in [6, 6.07) is 10.7. The van der Waals surface area contributed by atoms with Gasteiger partial charge in [-0.2, -0.15) is 0 Å². The van der Waals surface area contributed by atoms with Gasteiger partial charge in [0.15, 0.2) is 10.4 Å². The van der Waals surface area contributed by atoms with Crippen molar-refractivity contribution >= 4 is 27.5 Å². The molecule has 1 aromatic carbocycles. The Labute approximate surface area is 107 Å². The third kappa shape index (κ3) is 2.75. The number of nitrogens with one attached hydrogen (secondary N) is 1. The first-order valence-corrected chi connectivity index (χ1v) is 5.84. The SMILES string of the molecule is NCc1ccccc1NC(=O)c1ccc(Br)o1. The van der Waals surface area contributed by atoms with Crippen LogP contribution >= 0.6 is 15.9 Å². The van der Waals surface area contributed by atoms with Crippen LogP contribution in [-0.2, 0) is 6.54 Å². The zero-order chi connectivity index (χ0) is 12.3. The summed E-state index contributed by atoms with van der Waals surface area (Å²) in [5.41, 5.74) is 7.17. The van der Waals surface area contributed by atoms with E-state index in [4.69, 9.17) is 10.2 Å². The van der Waals surface area contributed by atoms with Crippen molar-refractivity contribution in [3.8, 4) is 0 Å². The number of carbonyl (C=O) groups excluding carboxylic acids is 1. The van der Waals surface area contributed by atoms with Crippen LogP contribution in [0.4, 0.5) is 5.69 Å². The van der Waals surface area contributed by atoms with Crippen molar-refractivity contribution < 1.29 is 9.21 Å². The average Bonchev–Trinajstić information content (AvgIpc) is 2.77. The van der Waals surface area contributed by atoms with E-state index in [0.29, 0.717) is 16.9 Å². The summed E-state index contributed by atoms with van der Waals surface area (Å²) in [5.74, 6) is -0.0414. The van der Waals surface area contributed by atoms with Gasteiger partial charge >= 0.3 is 0 Å². The van der Waals surface area contributed by atoms with Gasteiger partial charge in [0.25, 0.3) is 5.91 Å². The number of amides is 1. The van der Waals surface area contributed by atoms with E-state index in [-0.39, 0.29) is 11.7 Å². The van der Waals surface area contributed by atoms with Gasteiger partial charge in [-0.15, -0.1) is 0 Å². The highest BCUT2D eigenvalue weighted by molar-refractivity contribution is 9.10. The molecule has 0 saturated heterocycles. The molecule has 1 heterocycles. The lowest BCUT2D eigenvalue weighted by molar-refractivity contribution is 0.0995. The molecule has 0 aliphatic rings. The van der Waals surface area contributed by atoms with E-state index in [9.17, 15) is 4.79 Å². The molecule has 5 heteroatoms. The molecule has 0 aliphatic heterocycles. The standard InChI is InChI=1S/C12H11BrN2O2/c13-11-6-5-10(17-11)12(16)15-9-4-2-1-3-8(9)7-14/h1-6H,7,14H2,(H,15,16). The topological polar surface area (TPSA) is 68.3 Å². The van der Waals surface area contributed by atoms with Crippen molar-refractivity contribution in [2.75, 3.05) is 5.32 Å². The van der Waals surface area contributed by atoms with Gasteiger partial charge in [0.2, 0.25) is 0 Å². The maximum atomic E-state index is 11.8. The molecule has 0 aliphatic carbocycles. The predicted molar refractivity (Wildman–Crippen MR) is 68.7 cm³/mol. The second-order valence-electron chi connectivity index (χ2n) is 3.42. The fourth-order valence-corrected chi connectivity index (χ4v) is 1.75. The van der Waals surface area contributed by atoms with Gasteiger partial charge in [-0.1, -0.05) is 18.2 Å². The molecule has 0 unspecified atom stereocenters. The van der Waals surface area contributed by atoms with Gasteiger partial charge in [0, 0.05) is 12.2 Å². The summed E-state index contributed by atoms with van der Waals surface area (Å²) >= 11 is 3.15. The molecule has 4 nitrogen and oxygen atoms in total. The third-order valence-corrected chi connectivity index (χ3v) is 2.71. The Kier molecular flexibility index (Phi) is 3.61. The number of halogens is 1. The molecule has 0 saturated carbocycles. The summed E-state index contributed by atoms with van der Waals surface area (Å²) in [6.07, 6.45) is 0. The molecule has 1 aromatic heterocycles. The van der Waals surface area contributed by atoms with Crippen molar-refractivity contribution in [3.63, 3.8) is 0 Å². The van der Waals surface area contributed by atoms with Crippen LogP contribution in [0.25, 0.3) is 0 Å². The highest BCUT2D eigenvalue weighted by Gasteiger charge is 2.11. The lowest BCUT2D eigenvalue weighted by Gasteiger charge is -2.07. The van der Waals surface area contributed by atoms with E-state index < -0.39 is 0 Å². The Morgan fingerprint density at radius 3 is 2.71 bits per heavy atom. The van der Waals surface area contributed by atoms with Crippen molar-refractivity contribution in [3.05, 3.63) is 52.4 Å². The first-order chi connectivity index (χ1) is 8.20. The minimum absolute atomic E-state index is 0.253. The summed E-state index contributed by atoms with van der Waals surface area (Å²) < 4.78 is 5.69. The highest BCUT2D eigenvalue weighted by atomic mass is 79.9. The van der Waals surface area contributed by atoms with Crippen LogP contribution in [0.1, 0.15) is 16.1 Å². The van der Waals surface area contributed by atoms with Crippen LogP contribution in [0.2, 0.25) is 0 Å². The van der Waals surface area contributed by atoms with Crippen molar-refractivity contribution in [2.45, 2.75) is 6.54 Å². The second-order valence-corrected chi connectivity index (χ2v) is 4.20. The minimum Gasteiger partial charge on any atom is -0.444 e. The quantitative estimate of drug-likeness (QED) is 0.914. The molecule has 0 radical (unpaired) electrons. The highest BCUT2D eigenvalue weighted by Crippen LogP contribution is 2.18. The summed E-state index contributed by atoms with van der Waals surface area (Å²) in [6.45, 7) is 0.373. The minimum atomic E-state index is -0.295. The normalized spacial score (nSPS) is 10.2. The average molecular weight is 295 g/mol. The van der Waals surface area contributed by atoms with Crippen LogP contribution < -0.4 is 11.1 Å². The van der Waals surface area contributed by atoms with Crippen LogP contribution in [0.15, 0.2) is 45.5 Å². The van der Waals surface area contributed by atoms with Crippen LogP contribution in [-0.4, -0.2) is 5.91 Å². The van der Waals surface area contributed by atoms with Gasteiger partial charge in [-0.05, 0) is 39.7 Å². The lowest BCUT2D eigenvalue weighted by Crippen LogP contribution is -2.13. The summed E-state index contributed by atoms with van der Waals surface area (Å²) in [5, 5.41) is 2.76. The number of rotatable bonds is 3. The van der Waals surface area contributed by atoms with E-state index in [1.54, 1.807) is 18.2 Å². The molecule has 3 N–H and O–H groups in total. The van der Waals surface area contributed by atoms with Crippen LogP contribution in [0.3, 0.4) is 0 Å². The van der Waals surface area contributed by atoms with E-state index in [2.05, 4.69) is 21.2 Å². The molecule has 0 spiro atoms. The Morgan fingerprint density at radius 2 is 2.06 bits per heavy atom. The molecular weight excluding hydrogens is 284 g/mol. The largest absolute Gasteiger partial charge is 0.444 e.